The Morgan fingerprint density at radius 2 is 2.05 bits per heavy atom. The summed E-state index contributed by atoms with van der Waals surface area (Å²) in [6, 6.07) is 9.00. The molecule has 0 aliphatic heterocycles. The van der Waals surface area contributed by atoms with Gasteiger partial charge in [-0.25, -0.2) is 0 Å². The van der Waals surface area contributed by atoms with Gasteiger partial charge in [0.25, 0.3) is 0 Å². The molecule has 0 radical (unpaired) electrons. The van der Waals surface area contributed by atoms with E-state index in [9.17, 15) is 9.59 Å². The third-order valence-electron chi connectivity index (χ3n) is 2.45. The van der Waals surface area contributed by atoms with Crippen molar-refractivity contribution >= 4 is 23.6 Å². The number of ether oxygens (including phenoxy) is 1. The van der Waals surface area contributed by atoms with Gasteiger partial charge in [0.05, 0.1) is 12.4 Å². The number of nitrogens with one attached hydrogen (secondary N) is 1. The number of nitrogens with two attached hydrogens (primary N) is 1. The third kappa shape index (κ3) is 6.58. The lowest BCUT2D eigenvalue weighted by Crippen LogP contribution is -2.35. The molecule has 1 unspecified atom stereocenters. The van der Waals surface area contributed by atoms with Gasteiger partial charge in [0.15, 0.2) is 0 Å². The van der Waals surface area contributed by atoms with Gasteiger partial charge in [0.1, 0.15) is 6.04 Å². The Kier molecular flexibility index (Phi) is 7.75. The molecule has 1 aromatic carbocycles. The second-order valence-corrected chi connectivity index (χ2v) is 5.17. The molecule has 0 aromatic heterocycles. The number of carbonyl (C=O) groups is 2. The van der Waals surface area contributed by atoms with Crippen LogP contribution in [0.25, 0.3) is 0 Å². The van der Waals surface area contributed by atoms with E-state index in [1.807, 2.05) is 30.3 Å². The highest BCUT2D eigenvalue weighted by Gasteiger charge is 2.14. The molecule has 0 saturated carbocycles. The Hall–Kier alpha value is -1.53. The Morgan fingerprint density at radius 1 is 1.35 bits per heavy atom. The van der Waals surface area contributed by atoms with Crippen LogP contribution < -0.4 is 11.1 Å². The number of esters is 1. The van der Waals surface area contributed by atoms with Gasteiger partial charge in [0, 0.05) is 12.3 Å². The molecule has 0 spiro atoms. The van der Waals surface area contributed by atoms with Crippen LogP contribution in [0.2, 0.25) is 0 Å². The quantitative estimate of drug-likeness (QED) is 0.697. The van der Waals surface area contributed by atoms with Gasteiger partial charge >= 0.3 is 5.97 Å². The molecule has 5 nitrogen and oxygen atoms in total. The Labute approximate surface area is 123 Å². The molecule has 0 bridgehead atoms. The maximum atomic E-state index is 11.6. The second-order valence-electron chi connectivity index (χ2n) is 4.14. The minimum Gasteiger partial charge on any atom is -0.465 e. The number of amides is 1. The highest BCUT2D eigenvalue weighted by molar-refractivity contribution is 8.00. The monoisotopic (exact) mass is 296 g/mol. The average Bonchev–Trinajstić information content (AvgIpc) is 2.46. The second kappa shape index (κ2) is 9.39. The van der Waals surface area contributed by atoms with Gasteiger partial charge in [-0.3, -0.25) is 9.59 Å². The van der Waals surface area contributed by atoms with Crippen molar-refractivity contribution in [1.82, 2.24) is 5.32 Å². The summed E-state index contributed by atoms with van der Waals surface area (Å²) in [5, 5.41) is 2.81. The summed E-state index contributed by atoms with van der Waals surface area (Å²) in [6.07, 6.45) is 0. The van der Waals surface area contributed by atoms with Crippen molar-refractivity contribution in [3.05, 3.63) is 35.9 Å². The maximum Gasteiger partial charge on any atom is 0.323 e. The number of rotatable bonds is 8. The number of hydrogen-bond donors (Lipinski definition) is 2. The first-order chi connectivity index (χ1) is 9.63. The summed E-state index contributed by atoms with van der Waals surface area (Å²) < 4.78 is 4.79. The predicted molar refractivity (Wildman–Crippen MR) is 80.2 cm³/mol. The molecule has 0 heterocycles. The first-order valence-corrected chi connectivity index (χ1v) is 7.59. The van der Waals surface area contributed by atoms with Crippen LogP contribution in [0.4, 0.5) is 0 Å². The van der Waals surface area contributed by atoms with Gasteiger partial charge < -0.3 is 15.8 Å². The number of thioether (sulfide) groups is 1. The molecule has 1 aromatic rings. The van der Waals surface area contributed by atoms with Crippen molar-refractivity contribution in [2.45, 2.75) is 19.5 Å². The normalized spacial score (nSPS) is 11.7. The average molecular weight is 296 g/mol. The van der Waals surface area contributed by atoms with Gasteiger partial charge in [0.2, 0.25) is 5.91 Å². The molecule has 0 aliphatic carbocycles. The largest absolute Gasteiger partial charge is 0.465 e. The zero-order valence-corrected chi connectivity index (χ0v) is 12.3. The van der Waals surface area contributed by atoms with E-state index in [0.29, 0.717) is 18.9 Å². The number of benzene rings is 1. The molecular weight excluding hydrogens is 276 g/mol. The first-order valence-electron chi connectivity index (χ1n) is 6.44. The fourth-order valence-corrected chi connectivity index (χ4v) is 2.24. The van der Waals surface area contributed by atoms with Crippen molar-refractivity contribution in [1.29, 1.82) is 0 Å². The van der Waals surface area contributed by atoms with Crippen LogP contribution in [0.5, 0.6) is 0 Å². The number of carbonyl (C=O) groups excluding carboxylic acids is 2. The van der Waals surface area contributed by atoms with Crippen molar-refractivity contribution in [3.8, 4) is 0 Å². The summed E-state index contributed by atoms with van der Waals surface area (Å²) in [6.45, 7) is 2.55. The number of hydrogen-bond acceptors (Lipinski definition) is 5. The van der Waals surface area contributed by atoms with Crippen molar-refractivity contribution in [2.24, 2.45) is 5.73 Å². The first kappa shape index (κ1) is 16.5. The standard InChI is InChI=1S/C14H20N2O3S/c1-2-19-14(18)12(15)9-20-10-13(17)16-8-11-6-4-3-5-7-11/h3-7,12H,2,8-10,15H2,1H3,(H,16,17). The molecule has 1 amide bonds. The van der Waals surface area contributed by atoms with Crippen LogP contribution in [0.3, 0.4) is 0 Å². The lowest BCUT2D eigenvalue weighted by molar-refractivity contribution is -0.144. The maximum absolute atomic E-state index is 11.6. The Bertz CT molecular complexity index is 426. The van der Waals surface area contributed by atoms with E-state index in [0.717, 1.165) is 5.56 Å². The highest BCUT2D eigenvalue weighted by atomic mass is 32.2. The van der Waals surface area contributed by atoms with Crippen molar-refractivity contribution in [2.75, 3.05) is 18.1 Å². The molecule has 1 atom stereocenters. The topological polar surface area (TPSA) is 81.4 Å². The molecule has 0 saturated heterocycles. The van der Waals surface area contributed by atoms with E-state index in [4.69, 9.17) is 10.5 Å². The predicted octanol–water partition coefficient (Wildman–Crippen LogP) is 0.926. The van der Waals surface area contributed by atoms with Crippen LogP contribution in [0.1, 0.15) is 12.5 Å². The van der Waals surface area contributed by atoms with E-state index in [-0.39, 0.29) is 11.7 Å². The van der Waals surface area contributed by atoms with Crippen molar-refractivity contribution < 1.29 is 14.3 Å². The minimum absolute atomic E-state index is 0.0742. The lowest BCUT2D eigenvalue weighted by atomic mass is 10.2. The SMILES string of the molecule is CCOC(=O)C(N)CSCC(=O)NCc1ccccc1. The van der Waals surface area contributed by atoms with Crippen LogP contribution in [-0.2, 0) is 20.9 Å². The van der Waals surface area contributed by atoms with E-state index in [1.54, 1.807) is 6.92 Å². The van der Waals surface area contributed by atoms with E-state index in [2.05, 4.69) is 5.32 Å². The summed E-state index contributed by atoms with van der Waals surface area (Å²) in [5.74, 6) is 0.150. The molecule has 1 rings (SSSR count). The van der Waals surface area contributed by atoms with Crippen LogP contribution in [0, 0.1) is 0 Å². The van der Waals surface area contributed by atoms with E-state index < -0.39 is 12.0 Å². The van der Waals surface area contributed by atoms with Gasteiger partial charge in [-0.2, -0.15) is 0 Å². The molecular formula is C14H20N2O3S. The highest BCUT2D eigenvalue weighted by Crippen LogP contribution is 2.03. The zero-order valence-electron chi connectivity index (χ0n) is 11.5. The lowest BCUT2D eigenvalue weighted by Gasteiger charge is -2.10. The van der Waals surface area contributed by atoms with Crippen molar-refractivity contribution in [3.63, 3.8) is 0 Å². The summed E-state index contributed by atoms with van der Waals surface area (Å²) in [7, 11) is 0. The van der Waals surface area contributed by atoms with Crippen LogP contribution >= 0.6 is 11.8 Å². The zero-order chi connectivity index (χ0) is 14.8. The summed E-state index contributed by atoms with van der Waals surface area (Å²) >= 11 is 1.32. The molecule has 6 heteroatoms. The Morgan fingerprint density at radius 3 is 2.70 bits per heavy atom. The minimum atomic E-state index is -0.679. The molecule has 3 N–H and O–H groups in total. The molecule has 110 valence electrons. The van der Waals surface area contributed by atoms with Crippen LogP contribution in [-0.4, -0.2) is 36.0 Å². The summed E-state index contributed by atoms with van der Waals surface area (Å²) in [5.41, 5.74) is 6.68. The smallest absolute Gasteiger partial charge is 0.323 e. The Balaban J connectivity index is 2.16. The molecule has 20 heavy (non-hydrogen) atoms. The molecule has 0 aliphatic rings. The fraction of sp³-hybridized carbons (Fsp3) is 0.429. The summed E-state index contributed by atoms with van der Waals surface area (Å²) in [4.78, 5) is 22.9. The fourth-order valence-electron chi connectivity index (χ4n) is 1.44. The molecule has 0 fully saturated rings. The van der Waals surface area contributed by atoms with E-state index in [1.165, 1.54) is 11.8 Å². The van der Waals surface area contributed by atoms with Gasteiger partial charge in [-0.1, -0.05) is 30.3 Å². The van der Waals surface area contributed by atoms with Crippen LogP contribution in [0.15, 0.2) is 30.3 Å². The van der Waals surface area contributed by atoms with E-state index >= 15 is 0 Å². The van der Waals surface area contributed by atoms with Gasteiger partial charge in [-0.15, -0.1) is 11.8 Å². The third-order valence-corrected chi connectivity index (χ3v) is 3.51. The van der Waals surface area contributed by atoms with Gasteiger partial charge in [-0.05, 0) is 12.5 Å².